The highest BCUT2D eigenvalue weighted by molar-refractivity contribution is 9.10. The van der Waals surface area contributed by atoms with Crippen LogP contribution in [0.2, 0.25) is 0 Å². The lowest BCUT2D eigenvalue weighted by molar-refractivity contribution is -0.144. The number of ether oxygens (including phenoxy) is 1. The van der Waals surface area contributed by atoms with Crippen LogP contribution in [-0.4, -0.2) is 13.1 Å². The zero-order valence-corrected chi connectivity index (χ0v) is 10.7. The number of hydrogen-bond donors (Lipinski definition) is 0. The molecule has 0 bridgehead atoms. The predicted molar refractivity (Wildman–Crippen MR) is 55.5 cm³/mol. The first-order chi connectivity index (χ1) is 8.50. The second-order valence-electron chi connectivity index (χ2n) is 3.34. The maximum atomic E-state index is 12.8. The molecule has 0 N–H and O–H groups in total. The molecule has 1 aromatic carbocycles. The number of hydrogen-bond acceptors (Lipinski definition) is 2. The molecule has 0 aliphatic carbocycles. The predicted octanol–water partition coefficient (Wildman–Crippen LogP) is 4.27. The van der Waals surface area contributed by atoms with Crippen LogP contribution in [0.3, 0.4) is 0 Å². The molecule has 0 radical (unpaired) electrons. The Morgan fingerprint density at radius 1 is 1.11 bits per heavy atom. The summed E-state index contributed by atoms with van der Waals surface area (Å²) in [7, 11) is 0.827. The Bertz CT molecular complexity index is 506. The van der Waals surface area contributed by atoms with Crippen LogP contribution in [0, 0.1) is 0 Å². The molecule has 0 fully saturated rings. The number of halogens is 7. The number of benzene rings is 1. The van der Waals surface area contributed by atoms with Gasteiger partial charge >= 0.3 is 18.3 Å². The van der Waals surface area contributed by atoms with E-state index < -0.39 is 39.5 Å². The molecule has 0 aliphatic rings. The topological polar surface area (TPSA) is 26.3 Å². The van der Waals surface area contributed by atoms with E-state index in [1.54, 1.807) is 0 Å². The van der Waals surface area contributed by atoms with Crippen molar-refractivity contribution < 1.29 is 35.9 Å². The molecule has 0 heterocycles. The molecule has 1 rings (SSSR count). The third kappa shape index (κ3) is 3.20. The lowest BCUT2D eigenvalue weighted by atomic mass is 10.0. The van der Waals surface area contributed by atoms with E-state index in [1.807, 2.05) is 0 Å². The van der Waals surface area contributed by atoms with Gasteiger partial charge in [-0.2, -0.15) is 26.3 Å². The van der Waals surface area contributed by atoms with Crippen molar-refractivity contribution in [2.75, 3.05) is 7.11 Å². The fraction of sp³-hybridized carbons (Fsp3) is 0.300. The molecule has 0 aromatic heterocycles. The Morgan fingerprint density at radius 2 is 1.63 bits per heavy atom. The molecule has 0 spiro atoms. The first kappa shape index (κ1) is 15.8. The van der Waals surface area contributed by atoms with E-state index in [0.717, 1.165) is 7.11 Å². The number of rotatable bonds is 1. The molecule has 19 heavy (non-hydrogen) atoms. The van der Waals surface area contributed by atoms with E-state index >= 15 is 0 Å². The first-order valence-corrected chi connectivity index (χ1v) is 5.34. The van der Waals surface area contributed by atoms with Gasteiger partial charge in [-0.15, -0.1) is 0 Å². The number of esters is 1. The van der Waals surface area contributed by atoms with Gasteiger partial charge in [0.1, 0.15) is 0 Å². The molecule has 106 valence electrons. The number of methoxy groups -OCH3 is 1. The summed E-state index contributed by atoms with van der Waals surface area (Å²) in [6.45, 7) is 0. The van der Waals surface area contributed by atoms with Crippen LogP contribution in [0.15, 0.2) is 16.6 Å². The summed E-state index contributed by atoms with van der Waals surface area (Å²) in [6, 6.07) is 0.813. The van der Waals surface area contributed by atoms with Gasteiger partial charge in [0.05, 0.1) is 23.8 Å². The van der Waals surface area contributed by atoms with Gasteiger partial charge < -0.3 is 4.74 Å². The van der Waals surface area contributed by atoms with Crippen LogP contribution in [-0.2, 0) is 17.1 Å². The van der Waals surface area contributed by atoms with Crippen molar-refractivity contribution in [3.8, 4) is 0 Å². The molecule has 1 aromatic rings. The summed E-state index contributed by atoms with van der Waals surface area (Å²) in [4.78, 5) is 11.2. The van der Waals surface area contributed by atoms with Gasteiger partial charge in [-0.05, 0) is 28.1 Å². The van der Waals surface area contributed by atoms with E-state index in [4.69, 9.17) is 0 Å². The van der Waals surface area contributed by atoms with Gasteiger partial charge in [0, 0.05) is 4.47 Å². The molecule has 0 saturated carbocycles. The maximum absolute atomic E-state index is 12.8. The molecule has 0 saturated heterocycles. The Kier molecular flexibility index (Phi) is 4.18. The normalized spacial score (nSPS) is 12.4. The minimum Gasteiger partial charge on any atom is -0.465 e. The van der Waals surface area contributed by atoms with E-state index in [2.05, 4.69) is 20.7 Å². The molecule has 0 atom stereocenters. The molecule has 9 heteroatoms. The largest absolute Gasteiger partial charge is 0.465 e. The zero-order chi connectivity index (χ0) is 15.0. The summed E-state index contributed by atoms with van der Waals surface area (Å²) in [6.07, 6.45) is -10.1. The quantitative estimate of drug-likeness (QED) is 0.558. The summed E-state index contributed by atoms with van der Waals surface area (Å²) in [5.41, 5.74) is -4.23. The SMILES string of the molecule is COC(=O)c1ccc(C(F)(F)F)c(Br)c1C(F)(F)F. The van der Waals surface area contributed by atoms with Gasteiger partial charge in [0.15, 0.2) is 0 Å². The Morgan fingerprint density at radius 3 is 2.00 bits per heavy atom. The Labute approximate surface area is 111 Å². The highest BCUT2D eigenvalue weighted by atomic mass is 79.9. The second-order valence-corrected chi connectivity index (χ2v) is 4.13. The van der Waals surface area contributed by atoms with Gasteiger partial charge in [0.25, 0.3) is 0 Å². The van der Waals surface area contributed by atoms with Crippen LogP contribution in [0.5, 0.6) is 0 Å². The third-order valence-corrected chi connectivity index (χ3v) is 2.96. The molecule has 0 unspecified atom stereocenters. The highest BCUT2D eigenvalue weighted by Gasteiger charge is 2.43. The van der Waals surface area contributed by atoms with E-state index in [1.165, 1.54) is 0 Å². The second kappa shape index (κ2) is 5.03. The highest BCUT2D eigenvalue weighted by Crippen LogP contribution is 2.44. The van der Waals surface area contributed by atoms with E-state index in [9.17, 15) is 31.1 Å². The summed E-state index contributed by atoms with van der Waals surface area (Å²) >= 11 is 2.25. The fourth-order valence-electron chi connectivity index (χ4n) is 1.35. The minimum absolute atomic E-state index is 0.381. The molecule has 0 amide bonds. The number of alkyl halides is 6. The molecular weight excluding hydrogens is 346 g/mol. The first-order valence-electron chi connectivity index (χ1n) is 4.55. The zero-order valence-electron chi connectivity index (χ0n) is 9.12. The van der Waals surface area contributed by atoms with Crippen LogP contribution in [0.25, 0.3) is 0 Å². The average molecular weight is 351 g/mol. The van der Waals surface area contributed by atoms with Crippen LogP contribution < -0.4 is 0 Å². The standard InChI is InChI=1S/C10H5BrF6O2/c1-19-8(18)4-2-3-5(9(12,13)14)7(11)6(4)10(15,16)17/h2-3H,1H3. The number of carbonyl (C=O) groups excluding carboxylic acids is 1. The van der Waals surface area contributed by atoms with Crippen molar-refractivity contribution in [2.24, 2.45) is 0 Å². The summed E-state index contributed by atoms with van der Waals surface area (Å²) in [5.74, 6) is -1.37. The monoisotopic (exact) mass is 350 g/mol. The lowest BCUT2D eigenvalue weighted by Crippen LogP contribution is -2.18. The summed E-state index contributed by atoms with van der Waals surface area (Å²) in [5, 5.41) is 0. The maximum Gasteiger partial charge on any atom is 0.418 e. The summed E-state index contributed by atoms with van der Waals surface area (Å²) < 4.78 is 78.7. The van der Waals surface area contributed by atoms with Crippen LogP contribution in [0.1, 0.15) is 21.5 Å². The van der Waals surface area contributed by atoms with Crippen molar-refractivity contribution in [2.45, 2.75) is 12.4 Å². The Balaban J connectivity index is 3.65. The van der Waals surface area contributed by atoms with E-state index in [-0.39, 0.29) is 0 Å². The van der Waals surface area contributed by atoms with Crippen molar-refractivity contribution in [3.63, 3.8) is 0 Å². The van der Waals surface area contributed by atoms with Crippen molar-refractivity contribution in [1.29, 1.82) is 0 Å². The van der Waals surface area contributed by atoms with Crippen LogP contribution in [0.4, 0.5) is 26.3 Å². The molecule has 2 nitrogen and oxygen atoms in total. The Hall–Kier alpha value is -1.25. The van der Waals surface area contributed by atoms with Crippen LogP contribution >= 0.6 is 15.9 Å². The van der Waals surface area contributed by atoms with E-state index in [0.29, 0.717) is 12.1 Å². The average Bonchev–Trinajstić information content (AvgIpc) is 2.23. The lowest BCUT2D eigenvalue weighted by Gasteiger charge is -2.17. The third-order valence-electron chi connectivity index (χ3n) is 2.14. The van der Waals surface area contributed by atoms with Crippen molar-refractivity contribution in [1.82, 2.24) is 0 Å². The number of carbonyl (C=O) groups is 1. The molecule has 0 aliphatic heterocycles. The molecular formula is C10H5BrF6O2. The van der Waals surface area contributed by atoms with Crippen molar-refractivity contribution >= 4 is 21.9 Å². The van der Waals surface area contributed by atoms with Gasteiger partial charge in [-0.25, -0.2) is 4.79 Å². The minimum atomic E-state index is -5.14. The van der Waals surface area contributed by atoms with Gasteiger partial charge in [0.2, 0.25) is 0 Å². The smallest absolute Gasteiger partial charge is 0.418 e. The van der Waals surface area contributed by atoms with Gasteiger partial charge in [-0.3, -0.25) is 0 Å². The van der Waals surface area contributed by atoms with Gasteiger partial charge in [-0.1, -0.05) is 0 Å². The fourth-order valence-corrected chi connectivity index (χ4v) is 2.15. The van der Waals surface area contributed by atoms with Crippen molar-refractivity contribution in [3.05, 3.63) is 33.3 Å².